The molecule has 1 atom stereocenters. The summed E-state index contributed by atoms with van der Waals surface area (Å²) < 4.78 is 11.3. The van der Waals surface area contributed by atoms with Crippen LogP contribution in [-0.2, 0) is 0 Å². The molecule has 18 heavy (non-hydrogen) atoms. The van der Waals surface area contributed by atoms with Crippen LogP contribution in [0.5, 0.6) is 5.75 Å². The Morgan fingerprint density at radius 1 is 1.44 bits per heavy atom. The minimum absolute atomic E-state index is 0.282. The summed E-state index contributed by atoms with van der Waals surface area (Å²) in [7, 11) is 1.61. The zero-order valence-electron chi connectivity index (χ0n) is 9.98. The quantitative estimate of drug-likeness (QED) is 0.902. The third kappa shape index (κ3) is 2.80. The lowest BCUT2D eigenvalue weighted by molar-refractivity contribution is 0.412. The molecule has 0 bridgehead atoms. The van der Waals surface area contributed by atoms with Gasteiger partial charge in [-0.05, 0) is 41.1 Å². The molecule has 0 aliphatic heterocycles. The maximum absolute atomic E-state index is 5.63. The number of halogens is 1. The van der Waals surface area contributed by atoms with Crippen molar-refractivity contribution in [3.8, 4) is 5.75 Å². The van der Waals surface area contributed by atoms with E-state index >= 15 is 0 Å². The van der Waals surface area contributed by atoms with E-state index in [0.717, 1.165) is 15.9 Å². The van der Waals surface area contributed by atoms with Gasteiger partial charge in [0.1, 0.15) is 5.75 Å². The van der Waals surface area contributed by atoms with Crippen molar-refractivity contribution in [2.45, 2.75) is 13.0 Å². The average Bonchev–Trinajstić information content (AvgIpc) is 2.78. The van der Waals surface area contributed by atoms with Gasteiger partial charge in [-0.25, -0.2) is 0 Å². The second kappa shape index (κ2) is 5.36. The summed E-state index contributed by atoms with van der Waals surface area (Å²) in [5.41, 5.74) is 6.44. The molecule has 7 heteroatoms. The Kier molecular flexibility index (Phi) is 3.83. The highest BCUT2D eigenvalue weighted by Gasteiger charge is 2.10. The lowest BCUT2D eigenvalue weighted by atomic mass is 10.3. The first kappa shape index (κ1) is 12.8. The highest BCUT2D eigenvalue weighted by molar-refractivity contribution is 9.10. The maximum atomic E-state index is 5.63. The number of rotatable bonds is 4. The van der Waals surface area contributed by atoms with E-state index in [9.17, 15) is 0 Å². The molecule has 1 aromatic carbocycles. The largest absolute Gasteiger partial charge is 0.496 e. The molecule has 0 aliphatic rings. The van der Waals surface area contributed by atoms with Gasteiger partial charge in [0, 0.05) is 5.69 Å². The minimum Gasteiger partial charge on any atom is -0.496 e. The second-order valence-corrected chi connectivity index (χ2v) is 4.56. The van der Waals surface area contributed by atoms with Gasteiger partial charge in [0.15, 0.2) is 0 Å². The topological polar surface area (TPSA) is 86.2 Å². The summed E-state index contributed by atoms with van der Waals surface area (Å²) in [5, 5.41) is 10.7. The molecule has 3 N–H and O–H groups in total. The Labute approximate surface area is 113 Å². The molecular weight excluding hydrogens is 300 g/mol. The first-order valence-corrected chi connectivity index (χ1v) is 6.09. The monoisotopic (exact) mass is 312 g/mol. The average molecular weight is 313 g/mol. The van der Waals surface area contributed by atoms with Gasteiger partial charge in [-0.3, -0.25) is 0 Å². The number of hydrogen-bond donors (Lipinski definition) is 2. The van der Waals surface area contributed by atoms with E-state index < -0.39 is 0 Å². The molecule has 2 rings (SSSR count). The molecule has 0 saturated heterocycles. The van der Waals surface area contributed by atoms with Gasteiger partial charge in [-0.15, -0.1) is 5.10 Å². The number of aromatic nitrogens is 2. The maximum Gasteiger partial charge on any atom is 0.320 e. The fraction of sp³-hybridized carbons (Fsp3) is 0.273. The van der Waals surface area contributed by atoms with Crippen LogP contribution in [0.3, 0.4) is 0 Å². The van der Waals surface area contributed by atoms with Crippen LogP contribution < -0.4 is 15.8 Å². The molecular formula is C11H13BrN4O2. The Morgan fingerprint density at radius 2 is 2.22 bits per heavy atom. The van der Waals surface area contributed by atoms with Crippen molar-refractivity contribution in [1.82, 2.24) is 10.2 Å². The predicted octanol–water partition coefficient (Wildman–Crippen LogP) is 2.60. The van der Waals surface area contributed by atoms with Crippen LogP contribution in [0, 0.1) is 0 Å². The predicted molar refractivity (Wildman–Crippen MR) is 70.9 cm³/mol. The van der Waals surface area contributed by atoms with E-state index in [1.54, 1.807) is 14.0 Å². The molecule has 2 aromatic rings. The SMILES string of the molecule is COc1ccc(Nc2nnc(C(C)N)o2)cc1Br. The number of ether oxygens (including phenoxy) is 1. The third-order valence-corrected chi connectivity index (χ3v) is 2.85. The van der Waals surface area contributed by atoms with Gasteiger partial charge in [0.2, 0.25) is 5.89 Å². The van der Waals surface area contributed by atoms with E-state index in [1.165, 1.54) is 0 Å². The molecule has 0 spiro atoms. The zero-order chi connectivity index (χ0) is 13.1. The summed E-state index contributed by atoms with van der Waals surface area (Å²) in [6.07, 6.45) is 0. The highest BCUT2D eigenvalue weighted by Crippen LogP contribution is 2.29. The number of nitrogens with zero attached hydrogens (tertiary/aromatic N) is 2. The lowest BCUT2D eigenvalue weighted by Gasteiger charge is -2.06. The fourth-order valence-electron chi connectivity index (χ4n) is 1.34. The molecule has 1 heterocycles. The molecule has 0 fully saturated rings. The van der Waals surface area contributed by atoms with E-state index in [0.29, 0.717) is 11.9 Å². The highest BCUT2D eigenvalue weighted by atomic mass is 79.9. The van der Waals surface area contributed by atoms with Crippen LogP contribution >= 0.6 is 15.9 Å². The van der Waals surface area contributed by atoms with Crippen LogP contribution in [0.25, 0.3) is 0 Å². The molecule has 0 amide bonds. The van der Waals surface area contributed by atoms with Crippen molar-refractivity contribution >= 4 is 27.6 Å². The standard InChI is InChI=1S/C11H13BrN4O2/c1-6(13)10-15-16-11(18-10)14-7-3-4-9(17-2)8(12)5-7/h3-6H,13H2,1-2H3,(H,14,16). The first-order valence-electron chi connectivity index (χ1n) is 5.29. The summed E-state index contributed by atoms with van der Waals surface area (Å²) in [4.78, 5) is 0. The number of hydrogen-bond acceptors (Lipinski definition) is 6. The van der Waals surface area contributed by atoms with E-state index in [2.05, 4.69) is 31.4 Å². The van der Waals surface area contributed by atoms with Crippen molar-refractivity contribution in [3.63, 3.8) is 0 Å². The first-order chi connectivity index (χ1) is 8.60. The van der Waals surface area contributed by atoms with Crippen LogP contribution in [0.15, 0.2) is 27.1 Å². The zero-order valence-corrected chi connectivity index (χ0v) is 11.6. The Bertz CT molecular complexity index is 542. The van der Waals surface area contributed by atoms with Gasteiger partial charge in [-0.2, -0.15) is 0 Å². The van der Waals surface area contributed by atoms with E-state index in [4.69, 9.17) is 14.9 Å². The summed E-state index contributed by atoms with van der Waals surface area (Å²) >= 11 is 3.40. The van der Waals surface area contributed by atoms with Gasteiger partial charge in [0.05, 0.1) is 17.6 Å². The van der Waals surface area contributed by atoms with Crippen molar-refractivity contribution < 1.29 is 9.15 Å². The number of anilines is 2. The van der Waals surface area contributed by atoms with Gasteiger partial charge in [0.25, 0.3) is 0 Å². The molecule has 96 valence electrons. The van der Waals surface area contributed by atoms with Crippen molar-refractivity contribution in [2.24, 2.45) is 5.73 Å². The lowest BCUT2D eigenvalue weighted by Crippen LogP contribution is -2.04. The molecule has 0 saturated carbocycles. The Hall–Kier alpha value is -1.60. The van der Waals surface area contributed by atoms with Crippen LogP contribution in [0.2, 0.25) is 0 Å². The van der Waals surface area contributed by atoms with Crippen molar-refractivity contribution in [1.29, 1.82) is 0 Å². The Balaban J connectivity index is 2.15. The van der Waals surface area contributed by atoms with Crippen molar-refractivity contribution in [3.05, 3.63) is 28.6 Å². The fourth-order valence-corrected chi connectivity index (χ4v) is 1.88. The molecule has 0 aliphatic carbocycles. The normalized spacial score (nSPS) is 12.2. The van der Waals surface area contributed by atoms with Gasteiger partial charge < -0.3 is 20.2 Å². The second-order valence-electron chi connectivity index (χ2n) is 3.71. The summed E-state index contributed by atoms with van der Waals surface area (Å²) in [5.74, 6) is 1.15. The van der Waals surface area contributed by atoms with Crippen LogP contribution in [0.4, 0.5) is 11.7 Å². The molecule has 6 nitrogen and oxygen atoms in total. The Morgan fingerprint density at radius 3 is 2.78 bits per heavy atom. The minimum atomic E-state index is -0.282. The number of nitrogens with one attached hydrogen (secondary N) is 1. The van der Waals surface area contributed by atoms with Crippen LogP contribution in [-0.4, -0.2) is 17.3 Å². The molecule has 1 unspecified atom stereocenters. The van der Waals surface area contributed by atoms with E-state index in [1.807, 2.05) is 18.2 Å². The third-order valence-electron chi connectivity index (χ3n) is 2.23. The molecule has 1 aromatic heterocycles. The summed E-state index contributed by atoms with van der Waals surface area (Å²) in [6.45, 7) is 1.78. The van der Waals surface area contributed by atoms with E-state index in [-0.39, 0.29) is 6.04 Å². The van der Waals surface area contributed by atoms with Crippen molar-refractivity contribution in [2.75, 3.05) is 12.4 Å². The molecule has 0 radical (unpaired) electrons. The number of nitrogens with two attached hydrogens (primary N) is 1. The van der Waals surface area contributed by atoms with Crippen LogP contribution in [0.1, 0.15) is 18.9 Å². The summed E-state index contributed by atoms with van der Waals surface area (Å²) in [6, 6.07) is 5.55. The van der Waals surface area contributed by atoms with Gasteiger partial charge in [-0.1, -0.05) is 5.10 Å². The van der Waals surface area contributed by atoms with Gasteiger partial charge >= 0.3 is 6.01 Å². The number of methoxy groups -OCH3 is 1. The smallest absolute Gasteiger partial charge is 0.320 e. The number of benzene rings is 1.